The van der Waals surface area contributed by atoms with Crippen LogP contribution in [0, 0.1) is 5.92 Å². The zero-order chi connectivity index (χ0) is 15.8. The molecule has 23 heavy (non-hydrogen) atoms. The maximum atomic E-state index is 11.3. The van der Waals surface area contributed by atoms with E-state index in [1.807, 2.05) is 0 Å². The van der Waals surface area contributed by atoms with Gasteiger partial charge in [0, 0.05) is 44.6 Å². The maximum absolute atomic E-state index is 11.3. The second-order valence-corrected chi connectivity index (χ2v) is 6.42. The van der Waals surface area contributed by atoms with E-state index in [4.69, 9.17) is 0 Å². The monoisotopic (exact) mass is 312 g/mol. The summed E-state index contributed by atoms with van der Waals surface area (Å²) in [6.45, 7) is 2.78. The Hall–Kier alpha value is -2.44. The molecule has 120 valence electrons. The molecule has 0 bridgehead atoms. The van der Waals surface area contributed by atoms with Crippen LogP contribution in [-0.2, 0) is 7.05 Å². The van der Waals surface area contributed by atoms with Crippen molar-refractivity contribution in [2.45, 2.75) is 18.8 Å². The Balaban J connectivity index is 1.27. The maximum Gasteiger partial charge on any atom is 0.266 e. The highest BCUT2D eigenvalue weighted by Gasteiger charge is 2.29. The summed E-state index contributed by atoms with van der Waals surface area (Å²) in [6, 6.07) is 7.44. The van der Waals surface area contributed by atoms with Crippen molar-refractivity contribution in [3.05, 3.63) is 40.3 Å². The van der Waals surface area contributed by atoms with Crippen molar-refractivity contribution in [2.24, 2.45) is 13.0 Å². The van der Waals surface area contributed by atoms with Crippen molar-refractivity contribution >= 4 is 11.6 Å². The van der Waals surface area contributed by atoms with Crippen LogP contribution in [0.15, 0.2) is 29.1 Å². The normalized spacial score (nSPS) is 17.9. The predicted octanol–water partition coefficient (Wildman–Crippen LogP) is 0.996. The smallest absolute Gasteiger partial charge is 0.266 e. The van der Waals surface area contributed by atoms with Crippen molar-refractivity contribution in [3.8, 4) is 0 Å². The molecule has 0 aromatic carbocycles. The summed E-state index contributed by atoms with van der Waals surface area (Å²) in [7, 11) is 1.66. The van der Waals surface area contributed by atoms with Crippen molar-refractivity contribution in [1.29, 1.82) is 0 Å². The van der Waals surface area contributed by atoms with Gasteiger partial charge in [0.05, 0.1) is 5.69 Å². The minimum Gasteiger partial charge on any atom is -0.368 e. The number of hydrogen-bond acceptors (Lipinski definition) is 6. The number of nitrogens with one attached hydrogen (secondary N) is 1. The van der Waals surface area contributed by atoms with Gasteiger partial charge in [-0.2, -0.15) is 10.2 Å². The summed E-state index contributed by atoms with van der Waals surface area (Å²) in [5.41, 5.74) is 1.03. The molecule has 7 heteroatoms. The van der Waals surface area contributed by atoms with E-state index in [-0.39, 0.29) is 5.56 Å². The molecule has 0 radical (unpaired) electrons. The third-order valence-electron chi connectivity index (χ3n) is 4.48. The molecular weight excluding hydrogens is 292 g/mol. The zero-order valence-corrected chi connectivity index (χ0v) is 13.1. The Kier molecular flexibility index (Phi) is 3.48. The Labute approximate surface area is 134 Å². The number of aryl methyl sites for hydroxylation is 1. The summed E-state index contributed by atoms with van der Waals surface area (Å²) in [6.07, 6.45) is 2.51. The number of anilines is 2. The van der Waals surface area contributed by atoms with E-state index in [0.29, 0.717) is 11.8 Å². The van der Waals surface area contributed by atoms with Gasteiger partial charge < -0.3 is 10.2 Å². The Bertz CT molecular complexity index is 746. The first-order chi connectivity index (χ1) is 11.2. The van der Waals surface area contributed by atoms with Gasteiger partial charge in [-0.15, -0.1) is 5.10 Å². The SMILES string of the molecule is Cn1nc(NCC2CN(c3ccc(C4CC4)nn3)C2)ccc1=O. The highest BCUT2D eigenvalue weighted by Crippen LogP contribution is 2.38. The standard InChI is InChI=1S/C16H20N6O/c1-21-16(23)7-5-14(20-21)17-8-11-9-22(10-11)15-6-4-13(18-19-15)12-2-3-12/h4-7,11-12H,2-3,8-10H2,1H3,(H,17,20). The number of nitrogens with zero attached hydrogens (tertiary/aromatic N) is 5. The van der Waals surface area contributed by atoms with E-state index in [1.165, 1.54) is 23.6 Å². The molecule has 0 amide bonds. The molecule has 1 aliphatic carbocycles. The van der Waals surface area contributed by atoms with E-state index >= 15 is 0 Å². The van der Waals surface area contributed by atoms with Crippen LogP contribution in [0.5, 0.6) is 0 Å². The lowest BCUT2D eigenvalue weighted by atomic mass is 10.0. The lowest BCUT2D eigenvalue weighted by Gasteiger charge is -2.40. The summed E-state index contributed by atoms with van der Waals surface area (Å²) < 4.78 is 1.34. The summed E-state index contributed by atoms with van der Waals surface area (Å²) >= 11 is 0. The van der Waals surface area contributed by atoms with Gasteiger partial charge in [0.1, 0.15) is 5.82 Å². The van der Waals surface area contributed by atoms with Crippen LogP contribution in [-0.4, -0.2) is 39.6 Å². The number of hydrogen-bond donors (Lipinski definition) is 1. The van der Waals surface area contributed by atoms with Gasteiger partial charge in [0.25, 0.3) is 5.56 Å². The molecule has 4 rings (SSSR count). The molecule has 0 unspecified atom stereocenters. The Morgan fingerprint density at radius 3 is 2.65 bits per heavy atom. The first kappa shape index (κ1) is 14.2. The molecule has 1 saturated carbocycles. The number of rotatable bonds is 5. The van der Waals surface area contributed by atoms with Gasteiger partial charge >= 0.3 is 0 Å². The lowest BCUT2D eigenvalue weighted by molar-refractivity contribution is 0.424. The minimum atomic E-state index is -0.0985. The van der Waals surface area contributed by atoms with Gasteiger partial charge in [-0.05, 0) is 31.0 Å². The average molecular weight is 312 g/mol. The summed E-state index contributed by atoms with van der Waals surface area (Å²) in [5.74, 6) is 2.91. The van der Waals surface area contributed by atoms with Gasteiger partial charge in [-0.1, -0.05) is 0 Å². The van der Waals surface area contributed by atoms with Crippen LogP contribution >= 0.6 is 0 Å². The quantitative estimate of drug-likeness (QED) is 0.887. The molecule has 1 aliphatic heterocycles. The molecule has 2 aromatic heterocycles. The fourth-order valence-corrected chi connectivity index (χ4v) is 2.83. The van der Waals surface area contributed by atoms with E-state index in [1.54, 1.807) is 13.1 Å². The van der Waals surface area contributed by atoms with Gasteiger partial charge in [0.15, 0.2) is 5.82 Å². The van der Waals surface area contributed by atoms with Crippen molar-refractivity contribution in [1.82, 2.24) is 20.0 Å². The fraction of sp³-hybridized carbons (Fsp3) is 0.500. The van der Waals surface area contributed by atoms with Crippen LogP contribution in [0.4, 0.5) is 11.6 Å². The molecule has 0 spiro atoms. The fourth-order valence-electron chi connectivity index (χ4n) is 2.83. The first-order valence-electron chi connectivity index (χ1n) is 8.06. The molecule has 1 N–H and O–H groups in total. The second-order valence-electron chi connectivity index (χ2n) is 6.42. The first-order valence-corrected chi connectivity index (χ1v) is 8.06. The highest BCUT2D eigenvalue weighted by atomic mass is 16.1. The van der Waals surface area contributed by atoms with E-state index in [9.17, 15) is 4.79 Å². The van der Waals surface area contributed by atoms with Gasteiger partial charge in [-0.3, -0.25) is 4.79 Å². The van der Waals surface area contributed by atoms with Crippen LogP contribution in [0.1, 0.15) is 24.5 Å². The molecule has 3 heterocycles. The Morgan fingerprint density at radius 1 is 1.17 bits per heavy atom. The van der Waals surface area contributed by atoms with E-state index in [2.05, 4.69) is 37.6 Å². The van der Waals surface area contributed by atoms with E-state index < -0.39 is 0 Å². The molecular formula is C16H20N6O. The highest BCUT2D eigenvalue weighted by molar-refractivity contribution is 5.42. The summed E-state index contributed by atoms with van der Waals surface area (Å²) in [5, 5.41) is 16.1. The van der Waals surface area contributed by atoms with Crippen LogP contribution in [0.3, 0.4) is 0 Å². The Morgan fingerprint density at radius 2 is 2.00 bits per heavy atom. The van der Waals surface area contributed by atoms with Gasteiger partial charge in [0.2, 0.25) is 0 Å². The predicted molar refractivity (Wildman–Crippen MR) is 87.7 cm³/mol. The van der Waals surface area contributed by atoms with E-state index in [0.717, 1.165) is 37.0 Å². The van der Waals surface area contributed by atoms with Crippen LogP contribution in [0.2, 0.25) is 0 Å². The number of aromatic nitrogens is 4. The lowest BCUT2D eigenvalue weighted by Crippen LogP contribution is -2.50. The topological polar surface area (TPSA) is 75.9 Å². The minimum absolute atomic E-state index is 0.0985. The molecule has 2 fully saturated rings. The summed E-state index contributed by atoms with van der Waals surface area (Å²) in [4.78, 5) is 13.5. The van der Waals surface area contributed by atoms with Gasteiger partial charge in [-0.25, -0.2) is 4.68 Å². The largest absolute Gasteiger partial charge is 0.368 e. The average Bonchev–Trinajstić information content (AvgIpc) is 3.34. The van der Waals surface area contributed by atoms with Crippen molar-refractivity contribution in [3.63, 3.8) is 0 Å². The van der Waals surface area contributed by atoms with Crippen molar-refractivity contribution < 1.29 is 0 Å². The molecule has 2 aliphatic rings. The molecule has 1 saturated heterocycles. The third kappa shape index (κ3) is 3.04. The molecule has 2 aromatic rings. The van der Waals surface area contributed by atoms with Crippen LogP contribution < -0.4 is 15.8 Å². The second kappa shape index (κ2) is 5.64. The molecule has 0 atom stereocenters. The molecule has 7 nitrogen and oxygen atoms in total. The van der Waals surface area contributed by atoms with Crippen molar-refractivity contribution in [2.75, 3.05) is 29.9 Å². The zero-order valence-electron chi connectivity index (χ0n) is 13.1. The third-order valence-corrected chi connectivity index (χ3v) is 4.48. The van der Waals surface area contributed by atoms with Crippen LogP contribution in [0.25, 0.3) is 0 Å².